The molecule has 1 aromatic rings. The van der Waals surface area contributed by atoms with Crippen LogP contribution in [-0.4, -0.2) is 28.9 Å². The molecule has 3 N–H and O–H groups in total. The van der Waals surface area contributed by atoms with Gasteiger partial charge in [0.15, 0.2) is 5.84 Å². The molecule has 0 heterocycles. The number of carbonyl (C=O) groups excluding carboxylic acids is 1. The fourth-order valence-corrected chi connectivity index (χ4v) is 1.97. The Morgan fingerprint density at radius 2 is 2.15 bits per heavy atom. The molecule has 0 bridgehead atoms. The number of nitrogens with zero attached hydrogens (tertiary/aromatic N) is 2. The summed E-state index contributed by atoms with van der Waals surface area (Å²) in [5.41, 5.74) is 7.16. The van der Waals surface area contributed by atoms with Crippen molar-refractivity contribution in [1.29, 1.82) is 0 Å². The van der Waals surface area contributed by atoms with Crippen LogP contribution in [0.25, 0.3) is 0 Å². The second kappa shape index (κ2) is 8.19. The SMILES string of the molecule is CCCCCC(=O)N(C)Cc1cccc(C(N)=NO)c1. The summed E-state index contributed by atoms with van der Waals surface area (Å²) in [5, 5.41) is 11.6. The van der Waals surface area contributed by atoms with Crippen molar-refractivity contribution >= 4 is 11.7 Å². The van der Waals surface area contributed by atoms with Gasteiger partial charge in [0.2, 0.25) is 5.91 Å². The molecule has 0 saturated carbocycles. The van der Waals surface area contributed by atoms with Gasteiger partial charge >= 0.3 is 0 Å². The topological polar surface area (TPSA) is 78.9 Å². The zero-order valence-corrected chi connectivity index (χ0v) is 12.2. The molecule has 0 aliphatic rings. The van der Waals surface area contributed by atoms with Crippen LogP contribution in [0.15, 0.2) is 29.4 Å². The molecular formula is C15H23N3O2. The van der Waals surface area contributed by atoms with Crippen LogP contribution in [0, 0.1) is 0 Å². The van der Waals surface area contributed by atoms with E-state index in [1.807, 2.05) is 18.2 Å². The van der Waals surface area contributed by atoms with Crippen LogP contribution in [0.4, 0.5) is 0 Å². The van der Waals surface area contributed by atoms with Gasteiger partial charge in [0.25, 0.3) is 0 Å². The van der Waals surface area contributed by atoms with Gasteiger partial charge in [0.05, 0.1) is 0 Å². The number of rotatable bonds is 7. The van der Waals surface area contributed by atoms with Gasteiger partial charge in [-0.25, -0.2) is 0 Å². The van der Waals surface area contributed by atoms with Gasteiger partial charge in [0, 0.05) is 25.6 Å². The second-order valence-electron chi connectivity index (χ2n) is 4.89. The summed E-state index contributed by atoms with van der Waals surface area (Å²) in [7, 11) is 1.80. The van der Waals surface area contributed by atoms with Gasteiger partial charge in [0.1, 0.15) is 0 Å². The van der Waals surface area contributed by atoms with Crippen molar-refractivity contribution in [2.75, 3.05) is 7.05 Å². The van der Waals surface area contributed by atoms with Crippen molar-refractivity contribution in [2.24, 2.45) is 10.9 Å². The Bertz CT molecular complexity index is 472. The maximum atomic E-state index is 11.9. The predicted molar refractivity (Wildman–Crippen MR) is 79.6 cm³/mol. The molecule has 0 atom stereocenters. The average Bonchev–Trinajstić information content (AvgIpc) is 2.46. The number of hydrogen-bond donors (Lipinski definition) is 2. The summed E-state index contributed by atoms with van der Waals surface area (Å²) in [4.78, 5) is 13.6. The highest BCUT2D eigenvalue weighted by molar-refractivity contribution is 5.97. The number of carbonyl (C=O) groups is 1. The molecule has 0 unspecified atom stereocenters. The van der Waals surface area contributed by atoms with Crippen molar-refractivity contribution in [1.82, 2.24) is 4.90 Å². The van der Waals surface area contributed by atoms with E-state index in [1.54, 1.807) is 18.0 Å². The van der Waals surface area contributed by atoms with Crippen molar-refractivity contribution in [2.45, 2.75) is 39.2 Å². The van der Waals surface area contributed by atoms with Crippen LogP contribution in [0.1, 0.15) is 43.7 Å². The number of amides is 1. The summed E-state index contributed by atoms with van der Waals surface area (Å²) in [6.45, 7) is 2.64. The number of nitrogens with two attached hydrogens (primary N) is 1. The third-order valence-corrected chi connectivity index (χ3v) is 3.17. The normalized spacial score (nSPS) is 11.4. The lowest BCUT2D eigenvalue weighted by molar-refractivity contribution is -0.130. The summed E-state index contributed by atoms with van der Waals surface area (Å²) in [6, 6.07) is 7.34. The molecule has 0 saturated heterocycles. The minimum Gasteiger partial charge on any atom is -0.409 e. The number of oxime groups is 1. The minimum absolute atomic E-state index is 0.0729. The lowest BCUT2D eigenvalue weighted by Crippen LogP contribution is -2.26. The summed E-state index contributed by atoms with van der Waals surface area (Å²) < 4.78 is 0. The van der Waals surface area contributed by atoms with Crippen LogP contribution in [0.3, 0.4) is 0 Å². The Balaban J connectivity index is 2.61. The maximum Gasteiger partial charge on any atom is 0.222 e. The molecule has 0 aromatic heterocycles. The number of benzene rings is 1. The minimum atomic E-state index is 0.0729. The molecule has 1 aromatic carbocycles. The highest BCUT2D eigenvalue weighted by Gasteiger charge is 2.09. The van der Waals surface area contributed by atoms with E-state index >= 15 is 0 Å². The molecule has 1 amide bonds. The van der Waals surface area contributed by atoms with Gasteiger partial charge in [-0.2, -0.15) is 0 Å². The average molecular weight is 277 g/mol. The lowest BCUT2D eigenvalue weighted by Gasteiger charge is -2.17. The second-order valence-corrected chi connectivity index (χ2v) is 4.89. The summed E-state index contributed by atoms with van der Waals surface area (Å²) in [6.07, 6.45) is 3.71. The monoisotopic (exact) mass is 277 g/mol. The lowest BCUT2D eigenvalue weighted by atomic mass is 10.1. The van der Waals surface area contributed by atoms with E-state index < -0.39 is 0 Å². The van der Waals surface area contributed by atoms with Crippen LogP contribution < -0.4 is 5.73 Å². The molecule has 5 nitrogen and oxygen atoms in total. The molecule has 1 rings (SSSR count). The first-order valence-corrected chi connectivity index (χ1v) is 6.89. The van der Waals surface area contributed by atoms with E-state index in [0.717, 1.165) is 24.8 Å². The predicted octanol–water partition coefficient (Wildman–Crippen LogP) is 2.32. The quantitative estimate of drug-likeness (QED) is 0.264. The van der Waals surface area contributed by atoms with Gasteiger partial charge in [-0.3, -0.25) is 4.79 Å². The van der Waals surface area contributed by atoms with Crippen molar-refractivity contribution in [3.63, 3.8) is 0 Å². The number of amidine groups is 1. The van der Waals surface area contributed by atoms with Crippen molar-refractivity contribution in [3.8, 4) is 0 Å². The Labute approximate surface area is 120 Å². The van der Waals surface area contributed by atoms with E-state index in [2.05, 4.69) is 12.1 Å². The fraction of sp³-hybridized carbons (Fsp3) is 0.467. The van der Waals surface area contributed by atoms with Crippen LogP contribution in [0.5, 0.6) is 0 Å². The zero-order valence-electron chi connectivity index (χ0n) is 12.2. The Morgan fingerprint density at radius 1 is 1.40 bits per heavy atom. The summed E-state index contributed by atoms with van der Waals surface area (Å²) in [5.74, 6) is 0.219. The molecular weight excluding hydrogens is 254 g/mol. The molecule has 0 radical (unpaired) electrons. The first kappa shape index (κ1) is 16.0. The van der Waals surface area contributed by atoms with Crippen LogP contribution in [0.2, 0.25) is 0 Å². The largest absolute Gasteiger partial charge is 0.409 e. The van der Waals surface area contributed by atoms with Gasteiger partial charge in [-0.1, -0.05) is 43.1 Å². The first-order chi connectivity index (χ1) is 9.58. The van der Waals surface area contributed by atoms with E-state index in [1.165, 1.54) is 0 Å². The third kappa shape index (κ3) is 4.91. The van der Waals surface area contributed by atoms with Crippen molar-refractivity contribution in [3.05, 3.63) is 35.4 Å². The molecule has 110 valence electrons. The number of unbranched alkanes of at least 4 members (excludes halogenated alkanes) is 2. The van der Waals surface area contributed by atoms with E-state index in [4.69, 9.17) is 10.9 Å². The third-order valence-electron chi connectivity index (χ3n) is 3.17. The Morgan fingerprint density at radius 3 is 2.80 bits per heavy atom. The molecule has 0 aliphatic heterocycles. The first-order valence-electron chi connectivity index (χ1n) is 6.89. The molecule has 0 fully saturated rings. The Hall–Kier alpha value is -2.04. The van der Waals surface area contributed by atoms with E-state index in [0.29, 0.717) is 18.5 Å². The standard InChI is InChI=1S/C15H23N3O2/c1-3-4-5-9-14(19)18(2)11-12-7-6-8-13(10-12)15(16)17-20/h6-8,10,20H,3-5,9,11H2,1-2H3,(H2,16,17). The molecule has 20 heavy (non-hydrogen) atoms. The zero-order chi connectivity index (χ0) is 15.0. The summed E-state index contributed by atoms with van der Waals surface area (Å²) >= 11 is 0. The highest BCUT2D eigenvalue weighted by Crippen LogP contribution is 2.09. The fourth-order valence-electron chi connectivity index (χ4n) is 1.97. The van der Waals surface area contributed by atoms with Crippen LogP contribution >= 0.6 is 0 Å². The Kier molecular flexibility index (Phi) is 6.56. The maximum absolute atomic E-state index is 11.9. The molecule has 5 heteroatoms. The van der Waals surface area contributed by atoms with E-state index in [-0.39, 0.29) is 11.7 Å². The highest BCUT2D eigenvalue weighted by atomic mass is 16.4. The number of hydrogen-bond acceptors (Lipinski definition) is 3. The smallest absolute Gasteiger partial charge is 0.222 e. The van der Waals surface area contributed by atoms with Gasteiger partial charge < -0.3 is 15.8 Å². The van der Waals surface area contributed by atoms with E-state index in [9.17, 15) is 4.79 Å². The molecule has 0 spiro atoms. The molecule has 0 aliphatic carbocycles. The van der Waals surface area contributed by atoms with Gasteiger partial charge in [-0.05, 0) is 18.1 Å². The van der Waals surface area contributed by atoms with Gasteiger partial charge in [-0.15, -0.1) is 0 Å². The van der Waals surface area contributed by atoms with Crippen molar-refractivity contribution < 1.29 is 10.0 Å². The van der Waals surface area contributed by atoms with Crippen LogP contribution in [-0.2, 0) is 11.3 Å².